The largest absolute Gasteiger partial charge is 0.459 e. The Morgan fingerprint density at radius 1 is 0.889 bits per heavy atom. The van der Waals surface area contributed by atoms with E-state index in [0.717, 1.165) is 31.9 Å². The molecule has 1 aromatic heterocycles. The normalized spacial score (nSPS) is 14.3. The molecule has 2 aromatic carbocycles. The van der Waals surface area contributed by atoms with Crippen LogP contribution in [0.4, 0.5) is 17.1 Å². The highest BCUT2D eigenvalue weighted by Crippen LogP contribution is 2.23. The first-order valence-electron chi connectivity index (χ1n) is 9.20. The van der Waals surface area contributed by atoms with Crippen molar-refractivity contribution in [1.82, 2.24) is 0 Å². The molecule has 1 aliphatic heterocycles. The zero-order valence-electron chi connectivity index (χ0n) is 15.4. The first kappa shape index (κ1) is 17.2. The lowest BCUT2D eigenvalue weighted by Gasteiger charge is -2.37. The molecule has 138 valence electrons. The maximum absolute atomic E-state index is 12.0. The fraction of sp³-hybridized carbons (Fsp3) is 0.227. The van der Waals surface area contributed by atoms with E-state index in [1.165, 1.54) is 23.2 Å². The number of carbonyl (C=O) groups excluding carboxylic acids is 1. The SMILES string of the molecule is Cc1cccc(N2CCN(c3ccc(NC(=O)c4ccco4)cc3)CC2)c1. The highest BCUT2D eigenvalue weighted by molar-refractivity contribution is 6.02. The van der Waals surface area contributed by atoms with E-state index in [4.69, 9.17) is 4.42 Å². The van der Waals surface area contributed by atoms with Gasteiger partial charge in [0.1, 0.15) is 0 Å². The first-order valence-corrected chi connectivity index (χ1v) is 9.20. The number of carbonyl (C=O) groups is 1. The monoisotopic (exact) mass is 361 g/mol. The molecular formula is C22H23N3O2. The summed E-state index contributed by atoms with van der Waals surface area (Å²) in [5, 5.41) is 2.85. The third-order valence-electron chi connectivity index (χ3n) is 4.88. The van der Waals surface area contributed by atoms with Crippen molar-refractivity contribution in [3.05, 3.63) is 78.3 Å². The summed E-state index contributed by atoms with van der Waals surface area (Å²) in [7, 11) is 0. The summed E-state index contributed by atoms with van der Waals surface area (Å²) >= 11 is 0. The fourth-order valence-corrected chi connectivity index (χ4v) is 3.40. The molecule has 0 unspecified atom stereocenters. The number of benzene rings is 2. The topological polar surface area (TPSA) is 48.7 Å². The van der Waals surface area contributed by atoms with Gasteiger partial charge in [-0.05, 0) is 61.0 Å². The lowest BCUT2D eigenvalue weighted by atomic mass is 10.1. The van der Waals surface area contributed by atoms with Crippen LogP contribution in [0.2, 0.25) is 0 Å². The predicted molar refractivity (Wildman–Crippen MR) is 109 cm³/mol. The van der Waals surface area contributed by atoms with Gasteiger partial charge in [0.25, 0.3) is 5.91 Å². The Balaban J connectivity index is 1.35. The van der Waals surface area contributed by atoms with Crippen molar-refractivity contribution < 1.29 is 9.21 Å². The highest BCUT2D eigenvalue weighted by Gasteiger charge is 2.18. The van der Waals surface area contributed by atoms with Gasteiger partial charge >= 0.3 is 0 Å². The van der Waals surface area contributed by atoms with Gasteiger partial charge < -0.3 is 19.5 Å². The number of nitrogens with one attached hydrogen (secondary N) is 1. The molecule has 0 bridgehead atoms. The Labute approximate surface area is 159 Å². The van der Waals surface area contributed by atoms with Gasteiger partial charge in [-0.2, -0.15) is 0 Å². The summed E-state index contributed by atoms with van der Waals surface area (Å²) in [6.45, 7) is 6.09. The van der Waals surface area contributed by atoms with Gasteiger partial charge in [-0.15, -0.1) is 0 Å². The van der Waals surface area contributed by atoms with Crippen molar-refractivity contribution in [3.63, 3.8) is 0 Å². The van der Waals surface area contributed by atoms with Crippen LogP contribution in [0.5, 0.6) is 0 Å². The Morgan fingerprint density at radius 2 is 1.59 bits per heavy atom. The minimum absolute atomic E-state index is 0.237. The Bertz CT molecular complexity index is 896. The number of piperazine rings is 1. The number of aryl methyl sites for hydroxylation is 1. The molecule has 1 aliphatic rings. The quantitative estimate of drug-likeness (QED) is 0.758. The lowest BCUT2D eigenvalue weighted by molar-refractivity contribution is 0.0996. The average Bonchev–Trinajstić information content (AvgIpc) is 3.24. The van der Waals surface area contributed by atoms with E-state index >= 15 is 0 Å². The van der Waals surface area contributed by atoms with E-state index in [0.29, 0.717) is 5.76 Å². The van der Waals surface area contributed by atoms with Crippen molar-refractivity contribution in [3.8, 4) is 0 Å². The number of nitrogens with zero attached hydrogens (tertiary/aromatic N) is 2. The van der Waals surface area contributed by atoms with Gasteiger partial charge in [-0.1, -0.05) is 12.1 Å². The van der Waals surface area contributed by atoms with Crippen LogP contribution in [0.25, 0.3) is 0 Å². The van der Waals surface area contributed by atoms with E-state index in [1.807, 2.05) is 12.1 Å². The van der Waals surface area contributed by atoms with Crippen LogP contribution in [-0.4, -0.2) is 32.1 Å². The summed E-state index contributed by atoms with van der Waals surface area (Å²) in [4.78, 5) is 16.8. The van der Waals surface area contributed by atoms with E-state index in [1.54, 1.807) is 12.1 Å². The molecule has 5 nitrogen and oxygen atoms in total. The number of anilines is 3. The Morgan fingerprint density at radius 3 is 2.22 bits per heavy atom. The van der Waals surface area contributed by atoms with Gasteiger partial charge in [0, 0.05) is 43.2 Å². The van der Waals surface area contributed by atoms with E-state index in [2.05, 4.69) is 58.4 Å². The predicted octanol–water partition coefficient (Wildman–Crippen LogP) is 4.17. The summed E-state index contributed by atoms with van der Waals surface area (Å²) < 4.78 is 5.12. The smallest absolute Gasteiger partial charge is 0.291 e. The number of furan rings is 1. The molecule has 2 heterocycles. The van der Waals surface area contributed by atoms with Crippen molar-refractivity contribution in [2.24, 2.45) is 0 Å². The second kappa shape index (κ2) is 7.58. The van der Waals surface area contributed by atoms with Gasteiger partial charge in [0.2, 0.25) is 0 Å². The van der Waals surface area contributed by atoms with E-state index in [9.17, 15) is 4.79 Å². The molecule has 0 aliphatic carbocycles. The standard InChI is InChI=1S/C22H23N3O2/c1-17-4-2-5-20(16-17)25-13-11-24(12-14-25)19-9-7-18(8-10-19)23-22(26)21-6-3-15-27-21/h2-10,15-16H,11-14H2,1H3,(H,23,26). The van der Waals surface area contributed by atoms with Crippen LogP contribution in [0, 0.1) is 6.92 Å². The third kappa shape index (κ3) is 3.97. The van der Waals surface area contributed by atoms with E-state index in [-0.39, 0.29) is 5.91 Å². The zero-order chi connectivity index (χ0) is 18.6. The molecule has 1 amide bonds. The molecule has 27 heavy (non-hydrogen) atoms. The van der Waals surface area contributed by atoms with Crippen molar-refractivity contribution in [2.45, 2.75) is 6.92 Å². The number of amides is 1. The Hall–Kier alpha value is -3.21. The minimum Gasteiger partial charge on any atom is -0.459 e. The average molecular weight is 361 g/mol. The highest BCUT2D eigenvalue weighted by atomic mass is 16.3. The fourth-order valence-electron chi connectivity index (χ4n) is 3.40. The molecule has 0 saturated carbocycles. The molecule has 1 saturated heterocycles. The minimum atomic E-state index is -0.237. The van der Waals surface area contributed by atoms with Crippen LogP contribution in [0.15, 0.2) is 71.3 Å². The molecule has 0 atom stereocenters. The van der Waals surface area contributed by atoms with Gasteiger partial charge in [-0.3, -0.25) is 4.79 Å². The van der Waals surface area contributed by atoms with E-state index < -0.39 is 0 Å². The number of hydrogen-bond donors (Lipinski definition) is 1. The molecule has 1 fully saturated rings. The van der Waals surface area contributed by atoms with Crippen molar-refractivity contribution >= 4 is 23.0 Å². The van der Waals surface area contributed by atoms with Crippen LogP contribution in [-0.2, 0) is 0 Å². The molecule has 1 N–H and O–H groups in total. The van der Waals surface area contributed by atoms with Gasteiger partial charge in [0.15, 0.2) is 5.76 Å². The molecule has 4 rings (SSSR count). The molecule has 0 radical (unpaired) electrons. The summed E-state index contributed by atoms with van der Waals surface area (Å²) in [5.74, 6) is 0.0749. The lowest BCUT2D eigenvalue weighted by Crippen LogP contribution is -2.46. The van der Waals surface area contributed by atoms with Gasteiger partial charge in [0.05, 0.1) is 6.26 Å². The Kier molecular flexibility index (Phi) is 4.83. The van der Waals surface area contributed by atoms with Crippen LogP contribution in [0.1, 0.15) is 16.1 Å². The van der Waals surface area contributed by atoms with Crippen LogP contribution >= 0.6 is 0 Å². The van der Waals surface area contributed by atoms with Crippen LogP contribution in [0.3, 0.4) is 0 Å². The second-order valence-corrected chi connectivity index (χ2v) is 6.79. The number of rotatable bonds is 4. The second-order valence-electron chi connectivity index (χ2n) is 6.79. The molecule has 5 heteroatoms. The molecule has 0 spiro atoms. The van der Waals surface area contributed by atoms with Crippen molar-refractivity contribution in [1.29, 1.82) is 0 Å². The summed E-state index contributed by atoms with van der Waals surface area (Å²) in [5.41, 5.74) is 4.53. The van der Waals surface area contributed by atoms with Crippen LogP contribution < -0.4 is 15.1 Å². The zero-order valence-corrected chi connectivity index (χ0v) is 15.4. The maximum atomic E-state index is 12.0. The van der Waals surface area contributed by atoms with Gasteiger partial charge in [-0.25, -0.2) is 0 Å². The number of hydrogen-bond acceptors (Lipinski definition) is 4. The summed E-state index contributed by atoms with van der Waals surface area (Å²) in [6.07, 6.45) is 1.49. The molecule has 3 aromatic rings. The summed E-state index contributed by atoms with van der Waals surface area (Å²) in [6, 6.07) is 20.0. The third-order valence-corrected chi connectivity index (χ3v) is 4.88. The maximum Gasteiger partial charge on any atom is 0.291 e. The first-order chi connectivity index (χ1) is 13.2. The molecular weight excluding hydrogens is 338 g/mol. The van der Waals surface area contributed by atoms with Crippen molar-refractivity contribution in [2.75, 3.05) is 41.3 Å².